The molecule has 0 aliphatic rings. The molecule has 1 amide bonds. The number of benzene rings is 2. The lowest BCUT2D eigenvalue weighted by Gasteiger charge is -2.21. The summed E-state index contributed by atoms with van der Waals surface area (Å²) in [4.78, 5) is 34.9. The Morgan fingerprint density at radius 3 is 2.24 bits per heavy atom. The quantitative estimate of drug-likeness (QED) is 0.471. The van der Waals surface area contributed by atoms with Crippen LogP contribution in [0.15, 0.2) is 65.5 Å². The van der Waals surface area contributed by atoms with Crippen molar-refractivity contribution in [1.29, 1.82) is 0 Å². The van der Waals surface area contributed by atoms with Crippen molar-refractivity contribution in [2.45, 2.75) is 25.8 Å². The predicted molar refractivity (Wildman–Crippen MR) is 110 cm³/mol. The summed E-state index contributed by atoms with van der Waals surface area (Å²) in [5.41, 5.74) is 2.89. The molecule has 3 rings (SSSR count). The molecule has 1 heterocycles. The largest absolute Gasteiger partial charge is 0.481 e. The van der Waals surface area contributed by atoms with Gasteiger partial charge in [-0.05, 0) is 29.5 Å². The van der Waals surface area contributed by atoms with Gasteiger partial charge in [-0.25, -0.2) is 0 Å². The number of rotatable bonds is 8. The normalized spacial score (nSPS) is 12.9. The number of aromatic amines is 2. The number of carboxylic acids is 1. The third-order valence-corrected chi connectivity index (χ3v) is 4.78. The molecule has 29 heavy (non-hydrogen) atoms. The fourth-order valence-electron chi connectivity index (χ4n) is 3.19. The Bertz CT molecular complexity index is 1020. The van der Waals surface area contributed by atoms with Crippen molar-refractivity contribution in [3.63, 3.8) is 0 Å². The van der Waals surface area contributed by atoms with Gasteiger partial charge < -0.3 is 10.4 Å². The van der Waals surface area contributed by atoms with Gasteiger partial charge in [0.15, 0.2) is 0 Å². The Morgan fingerprint density at radius 1 is 1.00 bits per heavy atom. The lowest BCUT2D eigenvalue weighted by molar-refractivity contribution is -0.141. The Kier molecular flexibility index (Phi) is 6.29. The minimum absolute atomic E-state index is 0.113. The number of carboxylic acid groups (broad SMARTS) is 1. The molecule has 0 saturated heterocycles. The molecule has 1 aromatic heterocycles. The van der Waals surface area contributed by atoms with Crippen LogP contribution in [0.1, 0.15) is 29.4 Å². The van der Waals surface area contributed by atoms with Gasteiger partial charge in [-0.15, -0.1) is 0 Å². The molecule has 0 spiro atoms. The summed E-state index contributed by atoms with van der Waals surface area (Å²) in [6.07, 6.45) is 0.753. The van der Waals surface area contributed by atoms with Crippen LogP contribution in [0.5, 0.6) is 0 Å². The van der Waals surface area contributed by atoms with Crippen LogP contribution in [0.25, 0.3) is 11.1 Å². The summed E-state index contributed by atoms with van der Waals surface area (Å²) >= 11 is 0. The number of carbonyl (C=O) groups excluding carboxylic acids is 1. The van der Waals surface area contributed by atoms with Gasteiger partial charge in [-0.3, -0.25) is 24.6 Å². The van der Waals surface area contributed by atoms with E-state index < -0.39 is 29.4 Å². The van der Waals surface area contributed by atoms with Crippen molar-refractivity contribution in [1.82, 2.24) is 15.5 Å². The van der Waals surface area contributed by atoms with E-state index in [0.717, 1.165) is 16.7 Å². The average molecular weight is 393 g/mol. The maximum atomic E-state index is 12.4. The minimum Gasteiger partial charge on any atom is -0.481 e. The zero-order chi connectivity index (χ0) is 20.8. The summed E-state index contributed by atoms with van der Waals surface area (Å²) in [7, 11) is 0. The number of nitrogens with one attached hydrogen (secondary N) is 3. The number of aliphatic carboxylic acids is 1. The standard InChI is InChI=1S/C22H23N3O4/c1-14(22(28)29)11-18(23-21(27)19-13-20(26)25-24-19)12-15-7-9-17(10-8-15)16-5-3-2-4-6-16/h2-10,13-14,18H,11-12H2,1H3,(H,23,27)(H,28,29)(H2,24,25,26). The molecular formula is C22H23N3O4. The molecule has 0 aliphatic heterocycles. The first kappa shape index (κ1) is 20.1. The predicted octanol–water partition coefficient (Wildman–Crippen LogP) is 2.82. The van der Waals surface area contributed by atoms with E-state index in [-0.39, 0.29) is 12.1 Å². The van der Waals surface area contributed by atoms with E-state index in [4.69, 9.17) is 0 Å². The SMILES string of the molecule is CC(CC(Cc1ccc(-c2ccccc2)cc1)NC(=O)c1cc(=O)[nH][nH]1)C(=O)O. The first-order valence-corrected chi connectivity index (χ1v) is 9.38. The summed E-state index contributed by atoms with van der Waals surface area (Å²) in [6.45, 7) is 1.61. The van der Waals surface area contributed by atoms with E-state index in [9.17, 15) is 19.5 Å². The Labute approximate surface area is 167 Å². The maximum absolute atomic E-state index is 12.4. The molecular weight excluding hydrogens is 370 g/mol. The number of hydrogen-bond donors (Lipinski definition) is 4. The molecule has 0 bridgehead atoms. The van der Waals surface area contributed by atoms with Crippen molar-refractivity contribution in [2.75, 3.05) is 0 Å². The molecule has 0 saturated carbocycles. The highest BCUT2D eigenvalue weighted by molar-refractivity contribution is 5.92. The molecule has 0 radical (unpaired) electrons. The first-order chi connectivity index (χ1) is 13.9. The smallest absolute Gasteiger partial charge is 0.306 e. The molecule has 2 atom stereocenters. The maximum Gasteiger partial charge on any atom is 0.306 e. The molecule has 7 nitrogen and oxygen atoms in total. The van der Waals surface area contributed by atoms with E-state index >= 15 is 0 Å². The number of hydrogen-bond acceptors (Lipinski definition) is 3. The van der Waals surface area contributed by atoms with Crippen molar-refractivity contribution < 1.29 is 14.7 Å². The lowest BCUT2D eigenvalue weighted by atomic mass is 9.95. The van der Waals surface area contributed by atoms with Crippen LogP contribution in [-0.4, -0.2) is 33.2 Å². The third-order valence-electron chi connectivity index (χ3n) is 4.78. The minimum atomic E-state index is -0.918. The molecule has 0 aliphatic carbocycles. The summed E-state index contributed by atoms with van der Waals surface area (Å²) in [5.74, 6) is -1.99. The van der Waals surface area contributed by atoms with Crippen LogP contribution >= 0.6 is 0 Å². The highest BCUT2D eigenvalue weighted by atomic mass is 16.4. The summed E-state index contributed by atoms with van der Waals surface area (Å²) < 4.78 is 0. The van der Waals surface area contributed by atoms with Gasteiger partial charge in [0, 0.05) is 12.1 Å². The van der Waals surface area contributed by atoms with Gasteiger partial charge in [-0.1, -0.05) is 61.5 Å². The van der Waals surface area contributed by atoms with Crippen LogP contribution < -0.4 is 10.9 Å². The molecule has 2 unspecified atom stereocenters. The molecule has 150 valence electrons. The summed E-state index contributed by atoms with van der Waals surface area (Å²) in [6, 6.07) is 18.7. The number of aromatic nitrogens is 2. The van der Waals surface area contributed by atoms with Crippen molar-refractivity contribution in [3.8, 4) is 11.1 Å². The second-order valence-corrected chi connectivity index (χ2v) is 7.08. The van der Waals surface area contributed by atoms with Crippen LogP contribution in [-0.2, 0) is 11.2 Å². The highest BCUT2D eigenvalue weighted by Gasteiger charge is 2.21. The monoisotopic (exact) mass is 393 g/mol. The van der Waals surface area contributed by atoms with Crippen molar-refractivity contribution >= 4 is 11.9 Å². The topological polar surface area (TPSA) is 115 Å². The van der Waals surface area contributed by atoms with Gasteiger partial charge in [0.25, 0.3) is 11.5 Å². The van der Waals surface area contributed by atoms with Gasteiger partial charge in [0.2, 0.25) is 0 Å². The highest BCUT2D eigenvalue weighted by Crippen LogP contribution is 2.20. The first-order valence-electron chi connectivity index (χ1n) is 9.38. The van der Waals surface area contributed by atoms with Gasteiger partial charge in [0.1, 0.15) is 5.69 Å². The summed E-state index contributed by atoms with van der Waals surface area (Å²) in [5, 5.41) is 16.9. The van der Waals surface area contributed by atoms with Crippen molar-refractivity contribution in [3.05, 3.63) is 82.3 Å². The second-order valence-electron chi connectivity index (χ2n) is 7.08. The van der Waals surface area contributed by atoms with Crippen LogP contribution in [0, 0.1) is 5.92 Å². The van der Waals surface area contributed by atoms with Crippen LogP contribution in [0.3, 0.4) is 0 Å². The Hall–Kier alpha value is -3.61. The number of carbonyl (C=O) groups is 2. The van der Waals surface area contributed by atoms with Crippen molar-refractivity contribution in [2.24, 2.45) is 5.92 Å². The fourth-order valence-corrected chi connectivity index (χ4v) is 3.19. The van der Waals surface area contributed by atoms with E-state index in [1.54, 1.807) is 6.92 Å². The lowest BCUT2D eigenvalue weighted by Crippen LogP contribution is -2.38. The molecule has 0 fully saturated rings. The Morgan fingerprint density at radius 2 is 1.66 bits per heavy atom. The number of H-pyrrole nitrogens is 2. The van der Waals surface area contributed by atoms with E-state index in [1.165, 1.54) is 6.07 Å². The van der Waals surface area contributed by atoms with Gasteiger partial charge in [0.05, 0.1) is 5.92 Å². The van der Waals surface area contributed by atoms with Crippen LogP contribution in [0.4, 0.5) is 0 Å². The fraction of sp³-hybridized carbons (Fsp3) is 0.227. The van der Waals surface area contributed by atoms with Gasteiger partial charge >= 0.3 is 5.97 Å². The molecule has 3 aromatic rings. The van der Waals surface area contributed by atoms with Gasteiger partial charge in [-0.2, -0.15) is 0 Å². The second kappa shape index (κ2) is 9.05. The zero-order valence-electron chi connectivity index (χ0n) is 16.0. The Balaban J connectivity index is 1.74. The van der Waals surface area contributed by atoms with E-state index in [2.05, 4.69) is 15.5 Å². The average Bonchev–Trinajstić information content (AvgIpc) is 3.15. The van der Waals surface area contributed by atoms with E-state index in [1.807, 2.05) is 54.6 Å². The molecule has 7 heteroatoms. The zero-order valence-corrected chi connectivity index (χ0v) is 16.0. The molecule has 2 aromatic carbocycles. The number of amides is 1. The third kappa shape index (κ3) is 5.44. The van der Waals surface area contributed by atoms with E-state index in [0.29, 0.717) is 6.42 Å². The molecule has 4 N–H and O–H groups in total. The van der Waals surface area contributed by atoms with Crippen LogP contribution in [0.2, 0.25) is 0 Å².